The van der Waals surface area contributed by atoms with Crippen LogP contribution in [-0.2, 0) is 11.2 Å². The first kappa shape index (κ1) is 38.6. The summed E-state index contributed by atoms with van der Waals surface area (Å²) in [6.45, 7) is -2.37. The predicted molar refractivity (Wildman–Crippen MR) is 188 cm³/mol. The maximum absolute atomic E-state index is 13.8. The SMILES string of the molecule is Cl.NC1CCC(NC(=O)c2ccc(C(=O)O[C@@H](Cc3c(Cl)c[n+]([O-])cc3Cl)c3ccc(OC(F)F)c(OCC4CC4)c3)cc2OCC2CC2)CC1. The van der Waals surface area contributed by atoms with Crippen LogP contribution in [0.3, 0.4) is 0 Å². The highest BCUT2D eigenvalue weighted by atomic mass is 35.5. The van der Waals surface area contributed by atoms with Crippen LogP contribution < -0.4 is 30.0 Å². The molecular weight excluding hydrogens is 731 g/mol. The van der Waals surface area contributed by atoms with E-state index in [1.807, 2.05) is 0 Å². The first-order valence-corrected chi connectivity index (χ1v) is 17.6. The van der Waals surface area contributed by atoms with Crippen LogP contribution in [0.2, 0.25) is 10.0 Å². The number of ether oxygens (including phenoxy) is 4. The molecule has 2 aromatic carbocycles. The summed E-state index contributed by atoms with van der Waals surface area (Å²) in [5.74, 6) is -0.212. The van der Waals surface area contributed by atoms with E-state index in [0.29, 0.717) is 46.5 Å². The van der Waals surface area contributed by atoms with Crippen LogP contribution in [0.5, 0.6) is 17.2 Å². The van der Waals surface area contributed by atoms with E-state index in [1.165, 1.54) is 36.4 Å². The third-order valence-corrected chi connectivity index (χ3v) is 9.82. The summed E-state index contributed by atoms with van der Waals surface area (Å²) in [5, 5.41) is 15.1. The Hall–Kier alpha value is -3.58. The van der Waals surface area contributed by atoms with Gasteiger partial charge < -0.3 is 35.2 Å². The number of carbonyl (C=O) groups is 2. The molecular formula is C36H40Cl3F2N3O7. The van der Waals surface area contributed by atoms with Crippen LogP contribution >= 0.6 is 35.6 Å². The van der Waals surface area contributed by atoms with Crippen molar-refractivity contribution in [1.82, 2.24) is 5.32 Å². The third kappa shape index (κ3) is 10.7. The number of alkyl halides is 2. The summed E-state index contributed by atoms with van der Waals surface area (Å²) in [4.78, 5) is 27.2. The Kier molecular flexibility index (Phi) is 13.1. The zero-order valence-electron chi connectivity index (χ0n) is 27.7. The van der Waals surface area contributed by atoms with Gasteiger partial charge in [0.05, 0.1) is 24.3 Å². The quantitative estimate of drug-likeness (QED) is 0.0930. The average molecular weight is 771 g/mol. The number of nitrogens with zero attached hydrogens (tertiary/aromatic N) is 1. The van der Waals surface area contributed by atoms with Crippen molar-refractivity contribution in [3.8, 4) is 17.2 Å². The van der Waals surface area contributed by atoms with Gasteiger partial charge in [0.2, 0.25) is 0 Å². The molecule has 0 aliphatic heterocycles. The summed E-state index contributed by atoms with van der Waals surface area (Å²) >= 11 is 12.8. The van der Waals surface area contributed by atoms with Crippen LogP contribution in [0.25, 0.3) is 0 Å². The number of nitrogens with two attached hydrogens (primary N) is 1. The Morgan fingerprint density at radius 2 is 1.51 bits per heavy atom. The summed E-state index contributed by atoms with van der Waals surface area (Å²) in [6.07, 6.45) is 8.32. The van der Waals surface area contributed by atoms with E-state index in [4.69, 9.17) is 47.9 Å². The molecule has 1 amide bonds. The summed E-state index contributed by atoms with van der Waals surface area (Å²) in [6, 6.07) is 8.92. The highest BCUT2D eigenvalue weighted by molar-refractivity contribution is 6.35. The molecule has 6 rings (SSSR count). The Balaban J connectivity index is 0.00000504. The van der Waals surface area contributed by atoms with Crippen molar-refractivity contribution in [1.29, 1.82) is 0 Å². The highest BCUT2D eigenvalue weighted by Crippen LogP contribution is 2.38. The number of pyridine rings is 1. The monoisotopic (exact) mass is 769 g/mol. The number of amides is 1. The van der Waals surface area contributed by atoms with Crippen molar-refractivity contribution in [2.75, 3.05) is 13.2 Å². The fourth-order valence-corrected chi connectivity index (χ4v) is 6.43. The maximum Gasteiger partial charge on any atom is 0.387 e. The van der Waals surface area contributed by atoms with Crippen LogP contribution in [0.15, 0.2) is 48.8 Å². The number of rotatable bonds is 15. The molecule has 3 aromatic rings. The lowest BCUT2D eigenvalue weighted by atomic mass is 9.91. The number of aromatic nitrogens is 1. The second kappa shape index (κ2) is 17.3. The van der Waals surface area contributed by atoms with Crippen molar-refractivity contribution in [2.45, 2.75) is 82.6 Å². The molecule has 0 bridgehead atoms. The molecule has 276 valence electrons. The van der Waals surface area contributed by atoms with E-state index < -0.39 is 18.7 Å². The zero-order valence-corrected chi connectivity index (χ0v) is 30.0. The summed E-state index contributed by atoms with van der Waals surface area (Å²) < 4.78 is 49.6. The number of carbonyl (C=O) groups excluding carboxylic acids is 2. The van der Waals surface area contributed by atoms with E-state index in [-0.39, 0.29) is 69.7 Å². The molecule has 3 fully saturated rings. The van der Waals surface area contributed by atoms with Gasteiger partial charge in [-0.2, -0.15) is 13.5 Å². The van der Waals surface area contributed by atoms with Gasteiger partial charge in [0.1, 0.15) is 21.9 Å². The fraction of sp³-hybridized carbons (Fsp3) is 0.472. The van der Waals surface area contributed by atoms with Crippen LogP contribution in [0.4, 0.5) is 8.78 Å². The third-order valence-electron chi connectivity index (χ3n) is 9.16. The standard InChI is InChI=1S/C36H39Cl2F2N3O7.ClH/c37-28-16-43(46)17-29(38)27(28)15-31(22-6-12-30(50-36(39)40)33(13-22)48-19-21-3-4-21)49-35(45)23-5-11-26(32(14-23)47-18-20-1-2-20)34(44)42-25-9-7-24(41)8-10-25;/h5-6,11-14,16-17,20-21,24-25,31,36H,1-4,7-10,15,18-19,41H2,(H,42,44);1H/t24?,25?,31-;/m0./s1. The van der Waals surface area contributed by atoms with Gasteiger partial charge in [-0.3, -0.25) is 4.79 Å². The maximum atomic E-state index is 13.8. The lowest BCUT2D eigenvalue weighted by Gasteiger charge is -2.27. The van der Waals surface area contributed by atoms with Gasteiger partial charge >= 0.3 is 12.6 Å². The Labute approximate surface area is 310 Å². The number of hydrogen-bond donors (Lipinski definition) is 2. The van der Waals surface area contributed by atoms with E-state index in [2.05, 4.69) is 5.32 Å². The van der Waals surface area contributed by atoms with Crippen LogP contribution in [0.1, 0.15) is 89.3 Å². The first-order chi connectivity index (χ1) is 24.0. The lowest BCUT2D eigenvalue weighted by molar-refractivity contribution is -0.605. The van der Waals surface area contributed by atoms with E-state index >= 15 is 0 Å². The molecule has 0 unspecified atom stereocenters. The van der Waals surface area contributed by atoms with Crippen molar-refractivity contribution < 1.29 is 42.0 Å². The molecule has 0 radical (unpaired) electrons. The number of halogens is 5. The summed E-state index contributed by atoms with van der Waals surface area (Å²) in [5.41, 5.74) is 7.16. The van der Waals surface area contributed by atoms with Crippen molar-refractivity contribution in [3.63, 3.8) is 0 Å². The van der Waals surface area contributed by atoms with Crippen LogP contribution in [0, 0.1) is 17.0 Å². The normalized spacial score (nSPS) is 19.1. The Bertz CT molecular complexity index is 1680. The summed E-state index contributed by atoms with van der Waals surface area (Å²) in [7, 11) is 0. The number of benzene rings is 2. The van der Waals surface area contributed by atoms with E-state index in [1.54, 1.807) is 0 Å². The van der Waals surface area contributed by atoms with Gasteiger partial charge in [-0.1, -0.05) is 29.3 Å². The molecule has 15 heteroatoms. The minimum absolute atomic E-state index is 0. The van der Waals surface area contributed by atoms with E-state index in [0.717, 1.165) is 63.8 Å². The Morgan fingerprint density at radius 1 is 0.882 bits per heavy atom. The van der Waals surface area contributed by atoms with Gasteiger partial charge in [-0.05, 0) is 99.1 Å². The first-order valence-electron chi connectivity index (χ1n) is 16.8. The molecule has 51 heavy (non-hydrogen) atoms. The molecule has 3 aliphatic carbocycles. The molecule has 0 saturated heterocycles. The fourth-order valence-electron chi connectivity index (χ4n) is 5.83. The second-order valence-electron chi connectivity index (χ2n) is 13.3. The highest BCUT2D eigenvalue weighted by Gasteiger charge is 2.29. The number of esters is 1. The second-order valence-corrected chi connectivity index (χ2v) is 14.1. The largest absolute Gasteiger partial charge is 0.619 e. The lowest BCUT2D eigenvalue weighted by Crippen LogP contribution is -2.40. The van der Waals surface area contributed by atoms with Gasteiger partial charge in [0.25, 0.3) is 5.91 Å². The molecule has 10 nitrogen and oxygen atoms in total. The van der Waals surface area contributed by atoms with Gasteiger partial charge in [0.15, 0.2) is 23.9 Å². The molecule has 1 heterocycles. The predicted octanol–water partition coefficient (Wildman–Crippen LogP) is 7.37. The molecule has 1 atom stereocenters. The number of hydrogen-bond acceptors (Lipinski definition) is 8. The smallest absolute Gasteiger partial charge is 0.387 e. The molecule has 3 saturated carbocycles. The van der Waals surface area contributed by atoms with E-state index in [9.17, 15) is 23.6 Å². The minimum atomic E-state index is -3.08. The van der Waals surface area contributed by atoms with Gasteiger partial charge in [-0.15, -0.1) is 12.4 Å². The van der Waals surface area contributed by atoms with Crippen molar-refractivity contribution in [3.05, 3.63) is 86.3 Å². The zero-order chi connectivity index (χ0) is 35.4. The van der Waals surface area contributed by atoms with Crippen LogP contribution in [-0.4, -0.2) is 43.8 Å². The topological polar surface area (TPSA) is 136 Å². The minimum Gasteiger partial charge on any atom is -0.619 e. The average Bonchev–Trinajstić information content (AvgIpc) is 4.01. The van der Waals surface area contributed by atoms with Crippen molar-refractivity contribution >= 4 is 47.5 Å². The molecule has 0 spiro atoms. The van der Waals surface area contributed by atoms with Gasteiger partial charge in [0, 0.05) is 24.1 Å². The molecule has 1 aromatic heterocycles. The van der Waals surface area contributed by atoms with Gasteiger partial charge in [-0.25, -0.2) is 4.79 Å². The Morgan fingerprint density at radius 3 is 2.12 bits per heavy atom. The van der Waals surface area contributed by atoms with Crippen molar-refractivity contribution in [2.24, 2.45) is 17.6 Å². The molecule has 3 aliphatic rings. The number of nitrogens with one attached hydrogen (secondary N) is 1. The molecule has 3 N–H and O–H groups in total.